The number of hydrogen-bond acceptors (Lipinski definition) is 6. The van der Waals surface area contributed by atoms with E-state index in [-0.39, 0.29) is 31.1 Å². The number of ether oxygens (including phenoxy) is 3. The van der Waals surface area contributed by atoms with Gasteiger partial charge in [0.2, 0.25) is 0 Å². The Balaban J connectivity index is 4.19. The third-order valence-electron chi connectivity index (χ3n) is 12.3. The Hall–Kier alpha value is -2.63. The first-order valence-corrected chi connectivity index (χ1v) is 28.1. The normalized spacial score (nSPS) is 12.4. The zero-order valence-corrected chi connectivity index (χ0v) is 43.3. The van der Waals surface area contributed by atoms with Crippen molar-refractivity contribution in [3.63, 3.8) is 0 Å². The molecule has 0 bridgehead atoms. The third kappa shape index (κ3) is 52.2. The summed E-state index contributed by atoms with van der Waals surface area (Å²) in [4.78, 5) is 37.9. The largest absolute Gasteiger partial charge is 0.462 e. The second-order valence-electron chi connectivity index (χ2n) is 18.8. The number of hydrogen-bond donors (Lipinski definition) is 0. The Bertz CT molecular complexity index is 1140. The fourth-order valence-corrected chi connectivity index (χ4v) is 8.14. The molecular formula is C59H106O6. The Morgan fingerprint density at radius 1 is 0.323 bits per heavy atom. The lowest BCUT2D eigenvalue weighted by atomic mass is 10.0. The molecule has 1 unspecified atom stereocenters. The quantitative estimate of drug-likeness (QED) is 0.0262. The van der Waals surface area contributed by atoms with Crippen LogP contribution in [0.4, 0.5) is 0 Å². The van der Waals surface area contributed by atoms with Gasteiger partial charge in [0.25, 0.3) is 0 Å². The van der Waals surface area contributed by atoms with Crippen molar-refractivity contribution in [2.75, 3.05) is 13.2 Å². The van der Waals surface area contributed by atoms with Gasteiger partial charge in [-0.3, -0.25) is 14.4 Å². The minimum absolute atomic E-state index is 0.0724. The molecule has 0 amide bonds. The molecule has 65 heavy (non-hydrogen) atoms. The molecule has 0 aliphatic rings. The van der Waals surface area contributed by atoms with Crippen LogP contribution in [0.1, 0.15) is 290 Å². The lowest BCUT2D eigenvalue weighted by Crippen LogP contribution is -2.30. The van der Waals surface area contributed by atoms with E-state index in [9.17, 15) is 14.4 Å². The molecule has 0 radical (unpaired) electrons. The van der Waals surface area contributed by atoms with Gasteiger partial charge in [-0.1, -0.05) is 262 Å². The summed E-state index contributed by atoms with van der Waals surface area (Å²) in [6, 6.07) is 0. The van der Waals surface area contributed by atoms with Crippen LogP contribution in [0.5, 0.6) is 0 Å². The molecule has 0 saturated carbocycles. The van der Waals surface area contributed by atoms with Crippen LogP contribution in [0.3, 0.4) is 0 Å². The van der Waals surface area contributed by atoms with Crippen molar-refractivity contribution in [3.8, 4) is 0 Å². The highest BCUT2D eigenvalue weighted by Crippen LogP contribution is 2.16. The Morgan fingerprint density at radius 3 is 0.938 bits per heavy atom. The molecule has 0 spiro atoms. The van der Waals surface area contributed by atoms with Gasteiger partial charge in [0.1, 0.15) is 13.2 Å². The van der Waals surface area contributed by atoms with Crippen LogP contribution in [0.25, 0.3) is 0 Å². The van der Waals surface area contributed by atoms with Crippen LogP contribution in [-0.4, -0.2) is 37.2 Å². The van der Waals surface area contributed by atoms with E-state index >= 15 is 0 Å². The summed E-state index contributed by atoms with van der Waals surface area (Å²) in [6.07, 6.45) is 65.5. The smallest absolute Gasteiger partial charge is 0.306 e. The van der Waals surface area contributed by atoms with Crippen molar-refractivity contribution in [1.29, 1.82) is 0 Å². The van der Waals surface area contributed by atoms with Crippen LogP contribution in [0.15, 0.2) is 48.6 Å². The first-order chi connectivity index (χ1) is 32.0. The van der Waals surface area contributed by atoms with Gasteiger partial charge in [-0.15, -0.1) is 0 Å². The minimum atomic E-state index is -0.771. The Morgan fingerprint density at radius 2 is 0.600 bits per heavy atom. The molecule has 0 aliphatic heterocycles. The van der Waals surface area contributed by atoms with Crippen LogP contribution in [0.2, 0.25) is 0 Å². The zero-order chi connectivity index (χ0) is 47.2. The first-order valence-electron chi connectivity index (χ1n) is 28.1. The minimum Gasteiger partial charge on any atom is -0.462 e. The van der Waals surface area contributed by atoms with Gasteiger partial charge >= 0.3 is 17.9 Å². The van der Waals surface area contributed by atoms with Gasteiger partial charge in [0.15, 0.2) is 6.10 Å². The van der Waals surface area contributed by atoms with Gasteiger partial charge in [-0.25, -0.2) is 0 Å². The van der Waals surface area contributed by atoms with Crippen molar-refractivity contribution in [1.82, 2.24) is 0 Å². The zero-order valence-electron chi connectivity index (χ0n) is 43.3. The van der Waals surface area contributed by atoms with Gasteiger partial charge in [-0.2, -0.15) is 0 Å². The summed E-state index contributed by atoms with van der Waals surface area (Å²) >= 11 is 0. The summed E-state index contributed by atoms with van der Waals surface area (Å²) < 4.78 is 16.8. The van der Waals surface area contributed by atoms with Crippen LogP contribution in [-0.2, 0) is 28.6 Å². The molecular weight excluding hydrogens is 805 g/mol. The second kappa shape index (κ2) is 54.0. The maximum absolute atomic E-state index is 12.8. The second-order valence-corrected chi connectivity index (χ2v) is 18.8. The average molecular weight is 911 g/mol. The summed E-state index contributed by atoms with van der Waals surface area (Å²) in [5.41, 5.74) is 0. The molecule has 0 aromatic carbocycles. The fraction of sp³-hybridized carbons (Fsp3) is 0.814. The molecule has 0 aromatic rings. The van der Waals surface area contributed by atoms with Crippen LogP contribution < -0.4 is 0 Å². The molecule has 0 aliphatic carbocycles. The van der Waals surface area contributed by atoms with Gasteiger partial charge in [0.05, 0.1) is 0 Å². The van der Waals surface area contributed by atoms with Crippen molar-refractivity contribution in [2.45, 2.75) is 297 Å². The number of esters is 3. The molecule has 0 aromatic heterocycles. The number of unbranched alkanes of at least 4 members (excludes halogenated alkanes) is 32. The first kappa shape index (κ1) is 62.4. The Labute approximate surface area is 403 Å². The highest BCUT2D eigenvalue weighted by molar-refractivity contribution is 5.71. The standard InChI is InChI=1S/C59H106O6/c1-4-7-10-13-16-18-20-22-24-26-28-29-31-32-34-36-38-40-43-46-49-52-58(61)64-55-56(54-63-57(60)51-48-45-42-15-12-9-6-3)65-59(62)53-50-47-44-41-39-37-35-33-30-27-25-23-21-19-17-14-11-8-5-2/h7,10,16,18,22,24,28-29,56H,4-6,8-9,11-15,17,19-21,23,25-27,30-55H2,1-3H3/b10-7-,18-16-,24-22-,29-28-. The van der Waals surface area contributed by atoms with E-state index in [1.165, 1.54) is 161 Å². The van der Waals surface area contributed by atoms with E-state index in [1.807, 2.05) is 0 Å². The van der Waals surface area contributed by atoms with E-state index in [1.54, 1.807) is 0 Å². The van der Waals surface area contributed by atoms with Crippen molar-refractivity contribution in [2.24, 2.45) is 0 Å². The lowest BCUT2D eigenvalue weighted by Gasteiger charge is -2.18. The van der Waals surface area contributed by atoms with Gasteiger partial charge < -0.3 is 14.2 Å². The third-order valence-corrected chi connectivity index (χ3v) is 12.3. The molecule has 0 fully saturated rings. The predicted molar refractivity (Wildman–Crippen MR) is 279 cm³/mol. The average Bonchev–Trinajstić information content (AvgIpc) is 3.30. The lowest BCUT2D eigenvalue weighted by molar-refractivity contribution is -0.167. The number of carbonyl (C=O) groups excluding carboxylic acids is 3. The Kier molecular flexibility index (Phi) is 51.8. The molecule has 6 nitrogen and oxygen atoms in total. The molecule has 378 valence electrons. The van der Waals surface area contributed by atoms with E-state index in [2.05, 4.69) is 69.4 Å². The number of rotatable bonds is 51. The fourth-order valence-electron chi connectivity index (χ4n) is 8.14. The van der Waals surface area contributed by atoms with E-state index in [0.717, 1.165) is 89.9 Å². The highest BCUT2D eigenvalue weighted by Gasteiger charge is 2.19. The van der Waals surface area contributed by atoms with Gasteiger partial charge in [0, 0.05) is 19.3 Å². The number of carbonyl (C=O) groups is 3. The SMILES string of the molecule is CC/C=C\C/C=C\C/C=C\C/C=C\CCCCCCCCCCC(=O)OCC(COC(=O)CCCCCCCCC)OC(=O)CCCCCCCCCCCCCCCCCCCCC. The summed E-state index contributed by atoms with van der Waals surface area (Å²) in [5, 5.41) is 0. The highest BCUT2D eigenvalue weighted by atomic mass is 16.6. The summed E-state index contributed by atoms with van der Waals surface area (Å²) in [6.45, 7) is 6.51. The van der Waals surface area contributed by atoms with Crippen LogP contribution in [0, 0.1) is 0 Å². The molecule has 0 saturated heterocycles. The predicted octanol–water partition coefficient (Wildman–Crippen LogP) is 18.7. The maximum Gasteiger partial charge on any atom is 0.306 e. The monoisotopic (exact) mass is 911 g/mol. The topological polar surface area (TPSA) is 78.9 Å². The van der Waals surface area contributed by atoms with Crippen molar-refractivity contribution < 1.29 is 28.6 Å². The molecule has 0 heterocycles. The molecule has 1 atom stereocenters. The molecule has 0 N–H and O–H groups in total. The summed E-state index contributed by atoms with van der Waals surface area (Å²) in [7, 11) is 0. The van der Waals surface area contributed by atoms with Crippen molar-refractivity contribution in [3.05, 3.63) is 48.6 Å². The molecule has 0 rings (SSSR count). The van der Waals surface area contributed by atoms with Crippen LogP contribution >= 0.6 is 0 Å². The van der Waals surface area contributed by atoms with E-state index in [0.29, 0.717) is 19.3 Å². The summed E-state index contributed by atoms with van der Waals surface area (Å²) in [5.74, 6) is -0.874. The van der Waals surface area contributed by atoms with E-state index in [4.69, 9.17) is 14.2 Å². The van der Waals surface area contributed by atoms with Crippen molar-refractivity contribution >= 4 is 17.9 Å². The maximum atomic E-state index is 12.8. The van der Waals surface area contributed by atoms with E-state index < -0.39 is 6.10 Å². The van der Waals surface area contributed by atoms with Gasteiger partial charge in [-0.05, 0) is 57.8 Å². The molecule has 6 heteroatoms. The number of allylic oxidation sites excluding steroid dienone is 8.